The first-order valence-electron chi connectivity index (χ1n) is 5.81. The number of aromatic hydroxyl groups is 1. The van der Waals surface area contributed by atoms with Gasteiger partial charge in [0.1, 0.15) is 23.9 Å². The molecule has 0 spiro atoms. The zero-order valence-corrected chi connectivity index (χ0v) is 10.8. The summed E-state index contributed by atoms with van der Waals surface area (Å²) in [4.78, 5) is 1.01. The number of hydrogen-bond acceptors (Lipinski definition) is 3. The Hall–Kier alpha value is -2.07. The molecule has 2 aromatic carbocycles. The van der Waals surface area contributed by atoms with Gasteiger partial charge in [-0.15, -0.1) is 11.3 Å². The van der Waals surface area contributed by atoms with Crippen molar-refractivity contribution in [1.82, 2.24) is 0 Å². The Morgan fingerprint density at radius 2 is 1.89 bits per heavy atom. The Morgan fingerprint density at radius 3 is 2.63 bits per heavy atom. The largest absolute Gasteiger partial charge is 0.507 e. The van der Waals surface area contributed by atoms with E-state index in [4.69, 9.17) is 4.74 Å². The van der Waals surface area contributed by atoms with Gasteiger partial charge in [0, 0.05) is 15.0 Å². The molecule has 2 nitrogen and oxygen atoms in total. The number of halogens is 1. The molecule has 96 valence electrons. The molecule has 19 heavy (non-hydrogen) atoms. The van der Waals surface area contributed by atoms with E-state index >= 15 is 0 Å². The number of benzene rings is 2. The normalized spacial score (nSPS) is 10.8. The summed E-state index contributed by atoms with van der Waals surface area (Å²) < 4.78 is 19.4. The minimum Gasteiger partial charge on any atom is -0.507 e. The van der Waals surface area contributed by atoms with Crippen molar-refractivity contribution in [2.75, 3.05) is 0 Å². The Labute approximate surface area is 113 Å². The van der Waals surface area contributed by atoms with Crippen molar-refractivity contribution in [2.24, 2.45) is 0 Å². The van der Waals surface area contributed by atoms with Gasteiger partial charge in [0.2, 0.25) is 0 Å². The fraction of sp³-hybridized carbons (Fsp3) is 0.0667. The lowest BCUT2D eigenvalue weighted by Crippen LogP contribution is -1.92. The molecule has 3 rings (SSSR count). The maximum Gasteiger partial charge on any atom is 0.124 e. The van der Waals surface area contributed by atoms with Gasteiger partial charge in [-0.2, -0.15) is 0 Å². The first-order valence-corrected chi connectivity index (χ1v) is 6.63. The SMILES string of the molecule is Oc1cccc2sc(COc3ccc(F)cc3)cc12. The molecular weight excluding hydrogens is 263 g/mol. The second-order valence-electron chi connectivity index (χ2n) is 4.14. The molecule has 1 N–H and O–H groups in total. The van der Waals surface area contributed by atoms with Gasteiger partial charge in [-0.1, -0.05) is 6.07 Å². The van der Waals surface area contributed by atoms with Crippen LogP contribution in [-0.2, 0) is 6.61 Å². The quantitative estimate of drug-likeness (QED) is 0.770. The monoisotopic (exact) mass is 274 g/mol. The van der Waals surface area contributed by atoms with E-state index in [2.05, 4.69) is 0 Å². The van der Waals surface area contributed by atoms with E-state index in [-0.39, 0.29) is 11.6 Å². The third-order valence-electron chi connectivity index (χ3n) is 2.78. The van der Waals surface area contributed by atoms with Gasteiger partial charge < -0.3 is 9.84 Å². The maximum absolute atomic E-state index is 12.8. The minimum atomic E-state index is -0.279. The molecular formula is C15H11FO2S. The second-order valence-corrected chi connectivity index (χ2v) is 5.31. The van der Waals surface area contributed by atoms with Crippen LogP contribution in [0.15, 0.2) is 48.5 Å². The van der Waals surface area contributed by atoms with Gasteiger partial charge in [0.25, 0.3) is 0 Å². The van der Waals surface area contributed by atoms with Crippen molar-refractivity contribution in [3.8, 4) is 11.5 Å². The third kappa shape index (κ3) is 2.53. The van der Waals surface area contributed by atoms with E-state index in [9.17, 15) is 9.50 Å². The topological polar surface area (TPSA) is 29.5 Å². The van der Waals surface area contributed by atoms with Crippen molar-refractivity contribution in [3.63, 3.8) is 0 Å². The number of phenolic OH excluding ortho intramolecular Hbond substituents is 1. The number of fused-ring (bicyclic) bond motifs is 1. The molecule has 1 aromatic heterocycles. The zero-order valence-electron chi connectivity index (χ0n) is 9.97. The number of thiophene rings is 1. The highest BCUT2D eigenvalue weighted by atomic mass is 32.1. The highest BCUT2D eigenvalue weighted by Crippen LogP contribution is 2.32. The molecule has 0 aliphatic rings. The summed E-state index contributed by atoms with van der Waals surface area (Å²) in [5, 5.41) is 10.6. The van der Waals surface area contributed by atoms with Crippen LogP contribution in [0.5, 0.6) is 11.5 Å². The molecule has 0 saturated heterocycles. The Balaban J connectivity index is 1.78. The summed E-state index contributed by atoms with van der Waals surface area (Å²) in [5.74, 6) is 0.629. The Kier molecular flexibility index (Phi) is 3.09. The van der Waals surface area contributed by atoms with E-state index in [1.165, 1.54) is 12.1 Å². The van der Waals surface area contributed by atoms with Crippen LogP contribution in [0.25, 0.3) is 10.1 Å². The summed E-state index contributed by atoms with van der Waals surface area (Å²) in [6.07, 6.45) is 0. The van der Waals surface area contributed by atoms with Crippen molar-refractivity contribution in [3.05, 3.63) is 59.2 Å². The molecule has 0 aliphatic heterocycles. The highest BCUT2D eigenvalue weighted by molar-refractivity contribution is 7.19. The van der Waals surface area contributed by atoms with Crippen LogP contribution < -0.4 is 4.74 Å². The summed E-state index contributed by atoms with van der Waals surface area (Å²) in [6, 6.07) is 13.3. The molecule has 0 aliphatic carbocycles. The van der Waals surface area contributed by atoms with Gasteiger partial charge in [-0.3, -0.25) is 0 Å². The lowest BCUT2D eigenvalue weighted by Gasteiger charge is -2.03. The van der Waals surface area contributed by atoms with Gasteiger partial charge in [0.15, 0.2) is 0 Å². The predicted molar refractivity (Wildman–Crippen MR) is 74.2 cm³/mol. The minimum absolute atomic E-state index is 0.279. The molecule has 0 fully saturated rings. The summed E-state index contributed by atoms with van der Waals surface area (Å²) in [5.41, 5.74) is 0. The van der Waals surface area contributed by atoms with Crippen molar-refractivity contribution < 1.29 is 14.2 Å². The smallest absolute Gasteiger partial charge is 0.124 e. The molecule has 0 bridgehead atoms. The van der Waals surface area contributed by atoms with Crippen LogP contribution >= 0.6 is 11.3 Å². The van der Waals surface area contributed by atoms with Crippen LogP contribution in [0.4, 0.5) is 4.39 Å². The van der Waals surface area contributed by atoms with E-state index in [0.717, 1.165) is 15.0 Å². The average Bonchev–Trinajstić information content (AvgIpc) is 2.83. The number of hydrogen-bond donors (Lipinski definition) is 1. The molecule has 0 radical (unpaired) electrons. The first-order chi connectivity index (χ1) is 9.22. The fourth-order valence-corrected chi connectivity index (χ4v) is 2.85. The predicted octanol–water partition coefficient (Wildman–Crippen LogP) is 4.33. The zero-order chi connectivity index (χ0) is 13.2. The molecule has 0 saturated carbocycles. The molecule has 3 aromatic rings. The number of rotatable bonds is 3. The van der Waals surface area contributed by atoms with E-state index in [1.54, 1.807) is 29.5 Å². The number of ether oxygens (including phenoxy) is 1. The third-order valence-corrected chi connectivity index (χ3v) is 3.86. The Morgan fingerprint density at radius 1 is 1.11 bits per heavy atom. The van der Waals surface area contributed by atoms with Crippen LogP contribution in [0, 0.1) is 5.82 Å². The molecule has 0 amide bonds. The van der Waals surface area contributed by atoms with E-state index in [0.29, 0.717) is 12.4 Å². The molecule has 4 heteroatoms. The van der Waals surface area contributed by atoms with Crippen molar-refractivity contribution >= 4 is 21.4 Å². The molecule has 0 unspecified atom stereocenters. The average molecular weight is 274 g/mol. The van der Waals surface area contributed by atoms with Crippen LogP contribution in [0.1, 0.15) is 4.88 Å². The van der Waals surface area contributed by atoms with Crippen molar-refractivity contribution in [2.45, 2.75) is 6.61 Å². The lowest BCUT2D eigenvalue weighted by atomic mass is 10.2. The van der Waals surface area contributed by atoms with Crippen LogP contribution in [0.2, 0.25) is 0 Å². The second kappa shape index (κ2) is 4.90. The fourth-order valence-electron chi connectivity index (χ4n) is 1.85. The van der Waals surface area contributed by atoms with Gasteiger partial charge in [0.05, 0.1) is 0 Å². The maximum atomic E-state index is 12.8. The van der Waals surface area contributed by atoms with E-state index < -0.39 is 0 Å². The highest BCUT2D eigenvalue weighted by Gasteiger charge is 2.06. The standard InChI is InChI=1S/C15H11FO2S/c16-10-4-6-11(7-5-10)18-9-12-8-13-14(17)2-1-3-15(13)19-12/h1-8,17H,9H2. The van der Waals surface area contributed by atoms with Crippen LogP contribution in [-0.4, -0.2) is 5.11 Å². The van der Waals surface area contributed by atoms with Gasteiger partial charge in [-0.25, -0.2) is 4.39 Å². The van der Waals surface area contributed by atoms with Crippen molar-refractivity contribution in [1.29, 1.82) is 0 Å². The molecule has 0 atom stereocenters. The molecule has 1 heterocycles. The lowest BCUT2D eigenvalue weighted by molar-refractivity contribution is 0.309. The number of phenols is 1. The summed E-state index contributed by atoms with van der Waals surface area (Å²) in [7, 11) is 0. The summed E-state index contributed by atoms with van der Waals surface area (Å²) in [6.45, 7) is 0.407. The van der Waals surface area contributed by atoms with Gasteiger partial charge >= 0.3 is 0 Å². The van der Waals surface area contributed by atoms with Gasteiger partial charge in [-0.05, 0) is 42.5 Å². The Bertz CT molecular complexity index is 704. The summed E-state index contributed by atoms with van der Waals surface area (Å²) >= 11 is 1.57. The van der Waals surface area contributed by atoms with Crippen LogP contribution in [0.3, 0.4) is 0 Å². The first kappa shape index (κ1) is 12.0. The van der Waals surface area contributed by atoms with E-state index in [1.807, 2.05) is 18.2 Å².